The summed E-state index contributed by atoms with van der Waals surface area (Å²) in [5, 5.41) is 8.78. The number of rotatable bonds is 1. The van der Waals surface area contributed by atoms with Gasteiger partial charge in [-0.25, -0.2) is 4.79 Å². The molecular formula is C12H9N3O. The average Bonchev–Trinajstić information content (AvgIpc) is 2.28. The summed E-state index contributed by atoms with van der Waals surface area (Å²) in [5.41, 5.74) is 2.28. The SMILES string of the molecule is Cc1cc(-c2cccc(C#N)c2)nc(=O)[nH]1. The summed E-state index contributed by atoms with van der Waals surface area (Å²) in [7, 11) is 0. The summed E-state index contributed by atoms with van der Waals surface area (Å²) in [5.74, 6) is 0. The molecule has 0 aliphatic rings. The summed E-state index contributed by atoms with van der Waals surface area (Å²) in [4.78, 5) is 17.6. The number of nitrogens with one attached hydrogen (secondary N) is 1. The van der Waals surface area contributed by atoms with Crippen LogP contribution in [0.25, 0.3) is 11.3 Å². The van der Waals surface area contributed by atoms with Crippen LogP contribution in [0.3, 0.4) is 0 Å². The molecule has 4 heteroatoms. The van der Waals surface area contributed by atoms with Crippen LogP contribution in [0.1, 0.15) is 11.3 Å². The smallest absolute Gasteiger partial charge is 0.310 e. The Kier molecular flexibility index (Phi) is 2.52. The van der Waals surface area contributed by atoms with Gasteiger partial charge >= 0.3 is 5.69 Å². The fourth-order valence-corrected chi connectivity index (χ4v) is 1.48. The Morgan fingerprint density at radius 1 is 1.38 bits per heavy atom. The lowest BCUT2D eigenvalue weighted by molar-refractivity contribution is 1.03. The first-order valence-electron chi connectivity index (χ1n) is 4.77. The van der Waals surface area contributed by atoms with Gasteiger partial charge in [-0.3, -0.25) is 0 Å². The van der Waals surface area contributed by atoms with Gasteiger partial charge in [-0.15, -0.1) is 0 Å². The third-order valence-corrected chi connectivity index (χ3v) is 2.17. The zero-order chi connectivity index (χ0) is 11.5. The molecule has 0 spiro atoms. The number of H-pyrrole nitrogens is 1. The second kappa shape index (κ2) is 3.99. The first-order valence-corrected chi connectivity index (χ1v) is 4.77. The van der Waals surface area contributed by atoms with Crippen LogP contribution in [0.15, 0.2) is 35.1 Å². The molecule has 1 N–H and O–H groups in total. The van der Waals surface area contributed by atoms with Crippen LogP contribution in [0, 0.1) is 18.3 Å². The summed E-state index contributed by atoms with van der Waals surface area (Å²) in [6, 6.07) is 10.8. The fraction of sp³-hybridized carbons (Fsp3) is 0.0833. The van der Waals surface area contributed by atoms with Gasteiger partial charge in [0.2, 0.25) is 0 Å². The normalized spacial score (nSPS) is 9.75. The van der Waals surface area contributed by atoms with Crippen molar-refractivity contribution in [3.63, 3.8) is 0 Å². The fourth-order valence-electron chi connectivity index (χ4n) is 1.48. The summed E-state index contributed by atoms with van der Waals surface area (Å²) in [6.07, 6.45) is 0. The Balaban J connectivity index is 2.59. The zero-order valence-corrected chi connectivity index (χ0v) is 8.69. The second-order valence-corrected chi connectivity index (χ2v) is 3.45. The highest BCUT2D eigenvalue weighted by Gasteiger charge is 2.02. The summed E-state index contributed by atoms with van der Waals surface area (Å²) in [6.45, 7) is 1.79. The van der Waals surface area contributed by atoms with Crippen molar-refractivity contribution in [2.75, 3.05) is 0 Å². The Bertz CT molecular complexity index is 623. The van der Waals surface area contributed by atoms with Gasteiger partial charge in [0.25, 0.3) is 0 Å². The monoisotopic (exact) mass is 211 g/mol. The molecule has 16 heavy (non-hydrogen) atoms. The first kappa shape index (κ1) is 10.1. The van der Waals surface area contributed by atoms with E-state index in [-0.39, 0.29) is 5.69 Å². The molecule has 0 saturated heterocycles. The van der Waals surface area contributed by atoms with Gasteiger partial charge in [-0.2, -0.15) is 10.2 Å². The van der Waals surface area contributed by atoms with Crippen LogP contribution in [0.5, 0.6) is 0 Å². The predicted octanol–water partition coefficient (Wildman–Crippen LogP) is 1.62. The molecule has 2 rings (SSSR count). The third-order valence-electron chi connectivity index (χ3n) is 2.17. The number of benzene rings is 1. The van der Waals surface area contributed by atoms with Crippen molar-refractivity contribution in [2.24, 2.45) is 0 Å². The van der Waals surface area contributed by atoms with Crippen LogP contribution in [0.2, 0.25) is 0 Å². The predicted molar refractivity (Wildman–Crippen MR) is 59.7 cm³/mol. The number of aromatic nitrogens is 2. The van der Waals surface area contributed by atoms with Gasteiger partial charge in [0, 0.05) is 11.3 Å². The topological polar surface area (TPSA) is 69.5 Å². The number of aryl methyl sites for hydroxylation is 1. The molecule has 0 aliphatic carbocycles. The van der Waals surface area contributed by atoms with E-state index in [1.54, 1.807) is 31.2 Å². The van der Waals surface area contributed by atoms with Gasteiger partial charge in [-0.05, 0) is 25.1 Å². The van der Waals surface area contributed by atoms with Crippen LogP contribution < -0.4 is 5.69 Å². The van der Waals surface area contributed by atoms with E-state index >= 15 is 0 Å². The minimum absolute atomic E-state index is 0.377. The minimum Gasteiger partial charge on any atom is -0.310 e. The molecular weight excluding hydrogens is 202 g/mol. The molecule has 2 aromatic rings. The molecule has 0 aliphatic heterocycles. The lowest BCUT2D eigenvalue weighted by atomic mass is 10.1. The van der Waals surface area contributed by atoms with Gasteiger partial charge in [-0.1, -0.05) is 12.1 Å². The lowest BCUT2D eigenvalue weighted by Crippen LogP contribution is -2.11. The van der Waals surface area contributed by atoms with Crippen LogP contribution >= 0.6 is 0 Å². The van der Waals surface area contributed by atoms with Crippen LogP contribution in [0.4, 0.5) is 0 Å². The van der Waals surface area contributed by atoms with Crippen LogP contribution in [-0.4, -0.2) is 9.97 Å². The van der Waals surface area contributed by atoms with Crippen molar-refractivity contribution in [3.8, 4) is 17.3 Å². The maximum Gasteiger partial charge on any atom is 0.345 e. The number of nitriles is 1. The van der Waals surface area contributed by atoms with E-state index in [4.69, 9.17) is 5.26 Å². The van der Waals surface area contributed by atoms with E-state index in [2.05, 4.69) is 16.0 Å². The highest BCUT2D eigenvalue weighted by molar-refractivity contribution is 5.61. The van der Waals surface area contributed by atoms with Crippen molar-refractivity contribution in [1.29, 1.82) is 5.26 Å². The molecule has 4 nitrogen and oxygen atoms in total. The van der Waals surface area contributed by atoms with Crippen molar-refractivity contribution in [3.05, 3.63) is 52.1 Å². The Hall–Kier alpha value is -2.41. The van der Waals surface area contributed by atoms with Crippen molar-refractivity contribution in [1.82, 2.24) is 9.97 Å². The molecule has 0 unspecified atom stereocenters. The zero-order valence-electron chi connectivity index (χ0n) is 8.69. The maximum absolute atomic E-state index is 11.2. The van der Waals surface area contributed by atoms with Gasteiger partial charge in [0.1, 0.15) is 0 Å². The Labute approximate surface area is 92.2 Å². The van der Waals surface area contributed by atoms with Crippen molar-refractivity contribution < 1.29 is 0 Å². The van der Waals surface area contributed by atoms with Gasteiger partial charge in [0.05, 0.1) is 17.3 Å². The summed E-state index contributed by atoms with van der Waals surface area (Å²) >= 11 is 0. The molecule has 0 atom stereocenters. The molecule has 1 aromatic carbocycles. The van der Waals surface area contributed by atoms with Crippen LogP contribution in [-0.2, 0) is 0 Å². The lowest BCUT2D eigenvalue weighted by Gasteiger charge is -2.01. The Morgan fingerprint density at radius 3 is 2.88 bits per heavy atom. The van der Waals surface area contributed by atoms with E-state index in [0.717, 1.165) is 11.3 Å². The minimum atomic E-state index is -0.377. The molecule has 0 radical (unpaired) electrons. The molecule has 1 heterocycles. The molecule has 0 fully saturated rings. The maximum atomic E-state index is 11.2. The van der Waals surface area contributed by atoms with Crippen molar-refractivity contribution >= 4 is 0 Å². The van der Waals surface area contributed by atoms with E-state index in [9.17, 15) is 4.79 Å². The number of hydrogen-bond acceptors (Lipinski definition) is 3. The highest BCUT2D eigenvalue weighted by Crippen LogP contribution is 2.16. The molecule has 0 bridgehead atoms. The number of nitrogens with zero attached hydrogens (tertiary/aromatic N) is 2. The standard InChI is InChI=1S/C12H9N3O/c1-8-5-11(15-12(16)14-8)10-4-2-3-9(6-10)7-13/h2-6H,1H3,(H,14,15,16). The molecule has 0 saturated carbocycles. The van der Waals surface area contributed by atoms with Crippen molar-refractivity contribution in [2.45, 2.75) is 6.92 Å². The largest absolute Gasteiger partial charge is 0.345 e. The van der Waals surface area contributed by atoms with Gasteiger partial charge < -0.3 is 4.98 Å². The number of hydrogen-bond donors (Lipinski definition) is 1. The van der Waals surface area contributed by atoms with E-state index in [1.165, 1.54) is 0 Å². The quantitative estimate of drug-likeness (QED) is 0.779. The molecule has 78 valence electrons. The second-order valence-electron chi connectivity index (χ2n) is 3.45. The van der Waals surface area contributed by atoms with E-state index < -0.39 is 0 Å². The summed E-state index contributed by atoms with van der Waals surface area (Å²) < 4.78 is 0. The highest BCUT2D eigenvalue weighted by atomic mass is 16.1. The van der Waals surface area contributed by atoms with E-state index in [0.29, 0.717) is 11.3 Å². The van der Waals surface area contributed by atoms with Gasteiger partial charge in [0.15, 0.2) is 0 Å². The number of aromatic amines is 1. The first-order chi connectivity index (χ1) is 7.69. The van der Waals surface area contributed by atoms with E-state index in [1.807, 2.05) is 6.07 Å². The Morgan fingerprint density at radius 2 is 2.19 bits per heavy atom. The average molecular weight is 211 g/mol. The molecule has 0 amide bonds. The third kappa shape index (κ3) is 1.98. The molecule has 1 aromatic heterocycles.